The van der Waals surface area contributed by atoms with Gasteiger partial charge in [-0.3, -0.25) is 0 Å². The highest BCUT2D eigenvalue weighted by molar-refractivity contribution is 4.75. The van der Waals surface area contributed by atoms with Crippen molar-refractivity contribution in [3.63, 3.8) is 0 Å². The molecule has 0 unspecified atom stereocenters. The number of piperazine rings is 1. The van der Waals surface area contributed by atoms with Crippen molar-refractivity contribution in [2.75, 3.05) is 59.0 Å². The van der Waals surface area contributed by atoms with Crippen molar-refractivity contribution in [3.05, 3.63) is 0 Å². The molecule has 5 nitrogen and oxygen atoms in total. The van der Waals surface area contributed by atoms with Crippen LogP contribution in [0.1, 0.15) is 72.6 Å². The van der Waals surface area contributed by atoms with Gasteiger partial charge in [0, 0.05) is 32.7 Å². The number of β-amino-alcohol motifs (C(OH)–C–C–N with tert-alkyl or cyclic N) is 1. The molecule has 3 rings (SSSR count). The molecule has 3 aliphatic rings. The van der Waals surface area contributed by atoms with E-state index in [1.807, 2.05) is 13.8 Å². The van der Waals surface area contributed by atoms with Crippen LogP contribution in [-0.2, 0) is 0 Å². The van der Waals surface area contributed by atoms with Gasteiger partial charge in [-0.1, -0.05) is 34.1 Å². The molecule has 0 amide bonds. The average Bonchev–Trinajstić information content (AvgIpc) is 2.70. The van der Waals surface area contributed by atoms with E-state index in [0.29, 0.717) is 6.61 Å². The van der Waals surface area contributed by atoms with E-state index < -0.39 is 0 Å². The fraction of sp³-hybridized carbons (Fsp3) is 1.00. The topological polar surface area (TPSA) is 59.0 Å². The summed E-state index contributed by atoms with van der Waals surface area (Å²) in [4.78, 5) is 4.98. The molecule has 1 saturated carbocycles. The summed E-state index contributed by atoms with van der Waals surface area (Å²) < 4.78 is 0. The predicted octanol–water partition coefficient (Wildman–Crippen LogP) is 2.96. The third-order valence-corrected chi connectivity index (χ3v) is 5.26. The van der Waals surface area contributed by atoms with Crippen LogP contribution in [0.3, 0.4) is 0 Å². The molecule has 2 saturated heterocycles. The Morgan fingerprint density at radius 1 is 0.852 bits per heavy atom. The summed E-state index contributed by atoms with van der Waals surface area (Å²) in [6.45, 7) is 17.9. The Morgan fingerprint density at radius 2 is 1.33 bits per heavy atom. The first-order valence-electron chi connectivity index (χ1n) is 11.6. The molecular formula is C22H49N3O2. The third-order valence-electron chi connectivity index (χ3n) is 5.26. The lowest BCUT2D eigenvalue weighted by Crippen LogP contribution is -2.44. The van der Waals surface area contributed by atoms with Crippen molar-refractivity contribution in [1.29, 1.82) is 0 Å². The predicted molar refractivity (Wildman–Crippen MR) is 117 cm³/mol. The quantitative estimate of drug-likeness (QED) is 0.677. The maximum Gasteiger partial charge on any atom is 0.0558 e. The van der Waals surface area contributed by atoms with Crippen LogP contribution in [-0.4, -0.2) is 85.1 Å². The van der Waals surface area contributed by atoms with Gasteiger partial charge < -0.3 is 25.3 Å². The van der Waals surface area contributed by atoms with Gasteiger partial charge in [-0.2, -0.15) is 0 Å². The van der Waals surface area contributed by atoms with Crippen molar-refractivity contribution < 1.29 is 10.2 Å². The molecule has 2 heterocycles. The largest absolute Gasteiger partial charge is 0.395 e. The summed E-state index contributed by atoms with van der Waals surface area (Å²) in [5.74, 6) is 0.917. The SMILES string of the molecule is CC.CCC.OC1CCC1.OCCN1CCC(CCN2CCNCC2)CC1. The molecule has 0 aromatic carbocycles. The van der Waals surface area contributed by atoms with E-state index in [9.17, 15) is 0 Å². The number of aliphatic hydroxyl groups excluding tert-OH is 2. The van der Waals surface area contributed by atoms with Gasteiger partial charge in [0.05, 0.1) is 12.7 Å². The van der Waals surface area contributed by atoms with Crippen LogP contribution in [0.5, 0.6) is 0 Å². The highest BCUT2D eigenvalue weighted by Gasteiger charge is 2.19. The minimum atomic E-state index is 0.0648. The number of aliphatic hydroxyl groups is 2. The Balaban J connectivity index is 0.000000559. The maximum atomic E-state index is 8.90. The molecule has 0 radical (unpaired) electrons. The van der Waals surface area contributed by atoms with Crippen LogP contribution >= 0.6 is 0 Å². The average molecular weight is 388 g/mol. The van der Waals surface area contributed by atoms with E-state index in [0.717, 1.165) is 38.4 Å². The molecular weight excluding hydrogens is 338 g/mol. The van der Waals surface area contributed by atoms with E-state index in [1.54, 1.807) is 0 Å². The Labute approximate surface area is 169 Å². The molecule has 0 bridgehead atoms. The minimum Gasteiger partial charge on any atom is -0.395 e. The Hall–Kier alpha value is -0.200. The second kappa shape index (κ2) is 19.1. The number of nitrogens with zero attached hydrogens (tertiary/aromatic N) is 2. The van der Waals surface area contributed by atoms with Gasteiger partial charge in [0.1, 0.15) is 0 Å². The molecule has 5 heteroatoms. The van der Waals surface area contributed by atoms with Crippen LogP contribution in [0.4, 0.5) is 0 Å². The summed E-state index contributed by atoms with van der Waals surface area (Å²) in [5, 5.41) is 20.8. The van der Waals surface area contributed by atoms with E-state index in [4.69, 9.17) is 10.2 Å². The fourth-order valence-corrected chi connectivity index (χ4v) is 3.33. The molecule has 2 aliphatic heterocycles. The first-order chi connectivity index (χ1) is 13.2. The highest BCUT2D eigenvalue weighted by atomic mass is 16.3. The van der Waals surface area contributed by atoms with E-state index in [1.165, 1.54) is 64.8 Å². The van der Waals surface area contributed by atoms with Gasteiger partial charge in [-0.15, -0.1) is 0 Å². The van der Waals surface area contributed by atoms with Crippen molar-refractivity contribution in [2.45, 2.75) is 78.7 Å². The minimum absolute atomic E-state index is 0.0648. The van der Waals surface area contributed by atoms with Crippen LogP contribution in [0.2, 0.25) is 0 Å². The Morgan fingerprint density at radius 3 is 1.74 bits per heavy atom. The molecule has 1 aliphatic carbocycles. The first kappa shape index (κ1) is 26.8. The second-order valence-corrected chi connectivity index (χ2v) is 7.68. The molecule has 27 heavy (non-hydrogen) atoms. The van der Waals surface area contributed by atoms with Gasteiger partial charge >= 0.3 is 0 Å². The van der Waals surface area contributed by atoms with E-state index in [2.05, 4.69) is 29.0 Å². The maximum absolute atomic E-state index is 8.90. The van der Waals surface area contributed by atoms with E-state index >= 15 is 0 Å². The molecule has 0 spiro atoms. The summed E-state index contributed by atoms with van der Waals surface area (Å²) in [6.07, 6.45) is 8.65. The van der Waals surface area contributed by atoms with Crippen LogP contribution in [0, 0.1) is 5.92 Å². The molecule has 0 aromatic heterocycles. The third kappa shape index (κ3) is 14.5. The summed E-state index contributed by atoms with van der Waals surface area (Å²) in [6, 6.07) is 0. The van der Waals surface area contributed by atoms with Crippen molar-refractivity contribution >= 4 is 0 Å². The number of nitrogens with one attached hydrogen (secondary N) is 1. The first-order valence-corrected chi connectivity index (χ1v) is 11.6. The highest BCUT2D eigenvalue weighted by Crippen LogP contribution is 2.20. The fourth-order valence-electron chi connectivity index (χ4n) is 3.33. The number of piperidine rings is 1. The number of rotatable bonds is 5. The standard InChI is InChI=1S/C13H27N3O.C4H8O.C3H8.C2H6/c17-12-11-15-6-1-13(2-7-15)3-8-16-9-4-14-5-10-16;5-4-2-1-3-4;1-3-2;1-2/h13-14,17H,1-12H2;4-5H,1-3H2;3H2,1-2H3;1-2H3. The van der Waals surface area contributed by atoms with Gasteiger partial charge in [-0.05, 0) is 64.1 Å². The van der Waals surface area contributed by atoms with Gasteiger partial charge in [0.2, 0.25) is 0 Å². The Kier molecular flexibility index (Phi) is 19.0. The van der Waals surface area contributed by atoms with Gasteiger partial charge in [0.15, 0.2) is 0 Å². The van der Waals surface area contributed by atoms with Gasteiger partial charge in [0.25, 0.3) is 0 Å². The summed E-state index contributed by atoms with van der Waals surface area (Å²) in [5.41, 5.74) is 0. The second-order valence-electron chi connectivity index (χ2n) is 7.68. The molecule has 3 fully saturated rings. The Bertz CT molecular complexity index is 287. The zero-order valence-corrected chi connectivity index (χ0v) is 18.8. The zero-order valence-electron chi connectivity index (χ0n) is 18.8. The van der Waals surface area contributed by atoms with Crippen molar-refractivity contribution in [2.24, 2.45) is 5.92 Å². The van der Waals surface area contributed by atoms with Crippen LogP contribution < -0.4 is 5.32 Å². The smallest absolute Gasteiger partial charge is 0.0558 e. The molecule has 0 atom stereocenters. The lowest BCUT2D eigenvalue weighted by Gasteiger charge is -2.33. The molecule has 3 N–H and O–H groups in total. The van der Waals surface area contributed by atoms with Crippen molar-refractivity contribution in [1.82, 2.24) is 15.1 Å². The van der Waals surface area contributed by atoms with E-state index in [-0.39, 0.29) is 6.10 Å². The monoisotopic (exact) mass is 387 g/mol. The lowest BCUT2D eigenvalue weighted by molar-refractivity contribution is 0.0950. The number of hydrogen-bond donors (Lipinski definition) is 3. The zero-order chi connectivity index (χ0) is 20.3. The van der Waals surface area contributed by atoms with Crippen LogP contribution in [0.25, 0.3) is 0 Å². The van der Waals surface area contributed by atoms with Gasteiger partial charge in [-0.25, -0.2) is 0 Å². The van der Waals surface area contributed by atoms with Crippen LogP contribution in [0.15, 0.2) is 0 Å². The lowest BCUT2D eigenvalue weighted by atomic mass is 9.93. The summed E-state index contributed by atoms with van der Waals surface area (Å²) in [7, 11) is 0. The summed E-state index contributed by atoms with van der Waals surface area (Å²) >= 11 is 0. The van der Waals surface area contributed by atoms with Crippen molar-refractivity contribution in [3.8, 4) is 0 Å². The molecule has 164 valence electrons. The normalized spacial score (nSPS) is 21.6. The number of hydrogen-bond acceptors (Lipinski definition) is 5. The molecule has 0 aromatic rings. The number of likely N-dealkylation sites (tertiary alicyclic amines) is 1.